The molecule has 0 saturated heterocycles. The molecule has 1 heterocycles. The van der Waals surface area contributed by atoms with Crippen LogP contribution in [0.2, 0.25) is 0 Å². The van der Waals surface area contributed by atoms with Gasteiger partial charge in [0.05, 0.1) is 23.5 Å². The zero-order valence-corrected chi connectivity index (χ0v) is 17.1. The maximum Gasteiger partial charge on any atom is 0.197 e. The number of carbonyl (C=O) groups excluding carboxylic acids is 1. The number of anilines is 2. The van der Waals surface area contributed by atoms with Gasteiger partial charge < -0.3 is 30.8 Å². The molecule has 160 valence electrons. The Kier molecular flexibility index (Phi) is 6.84. The maximum absolute atomic E-state index is 13.4. The van der Waals surface area contributed by atoms with Crippen molar-refractivity contribution in [3.63, 3.8) is 0 Å². The zero-order chi connectivity index (χ0) is 21.7. The van der Waals surface area contributed by atoms with Crippen LogP contribution in [0, 0.1) is 0 Å². The monoisotopic (exact) mass is 412 g/mol. The quantitative estimate of drug-likeness (QED) is 0.171. The highest BCUT2D eigenvalue weighted by molar-refractivity contribution is 6.17. The van der Waals surface area contributed by atoms with Crippen LogP contribution in [0.1, 0.15) is 54.3 Å². The van der Waals surface area contributed by atoms with Crippen LogP contribution < -0.4 is 16.2 Å². The summed E-state index contributed by atoms with van der Waals surface area (Å²) < 4.78 is 11.7. The number of ketones is 1. The first-order valence-corrected chi connectivity index (χ1v) is 10.2. The average Bonchev–Trinajstić information content (AvgIpc) is 3.09. The van der Waals surface area contributed by atoms with Crippen molar-refractivity contribution < 1.29 is 24.2 Å². The number of hydrogen-bond donors (Lipinski definition) is 4. The van der Waals surface area contributed by atoms with Crippen LogP contribution in [0.25, 0.3) is 11.0 Å². The molecule has 3 rings (SSSR count). The van der Waals surface area contributed by atoms with Crippen LogP contribution in [0.15, 0.2) is 34.7 Å². The lowest BCUT2D eigenvalue weighted by atomic mass is 9.97. The van der Waals surface area contributed by atoms with E-state index >= 15 is 0 Å². The van der Waals surface area contributed by atoms with E-state index in [0.29, 0.717) is 53.1 Å². The summed E-state index contributed by atoms with van der Waals surface area (Å²) in [6.07, 6.45) is 4.15. The molecule has 0 bridgehead atoms. The fourth-order valence-electron chi connectivity index (χ4n) is 3.39. The van der Waals surface area contributed by atoms with Gasteiger partial charge >= 0.3 is 0 Å². The van der Waals surface area contributed by atoms with Gasteiger partial charge in [0.1, 0.15) is 17.1 Å². The third kappa shape index (κ3) is 4.52. The summed E-state index contributed by atoms with van der Waals surface area (Å²) in [4.78, 5) is 13.4. The number of ether oxygens (including phenoxy) is 1. The predicted molar refractivity (Wildman–Crippen MR) is 117 cm³/mol. The molecule has 0 amide bonds. The molecule has 6 N–H and O–H groups in total. The van der Waals surface area contributed by atoms with Gasteiger partial charge in [-0.3, -0.25) is 4.79 Å². The van der Waals surface area contributed by atoms with E-state index in [9.17, 15) is 9.90 Å². The number of phenolic OH excluding ortho intramolecular Hbond substituents is 1. The smallest absolute Gasteiger partial charge is 0.197 e. The highest BCUT2D eigenvalue weighted by Gasteiger charge is 2.23. The van der Waals surface area contributed by atoms with E-state index in [4.69, 9.17) is 25.7 Å². The van der Waals surface area contributed by atoms with Crippen LogP contribution >= 0.6 is 0 Å². The minimum absolute atomic E-state index is 0.0539. The van der Waals surface area contributed by atoms with Gasteiger partial charge in [0.25, 0.3) is 0 Å². The van der Waals surface area contributed by atoms with Crippen molar-refractivity contribution in [1.29, 1.82) is 0 Å². The number of aryl methyl sites for hydroxylation is 1. The molecule has 7 heteroatoms. The number of phenols is 1. The lowest BCUT2D eigenvalue weighted by molar-refractivity contribution is 0.103. The van der Waals surface area contributed by atoms with Crippen molar-refractivity contribution in [2.45, 2.75) is 39.0 Å². The van der Waals surface area contributed by atoms with Crippen LogP contribution in [-0.4, -0.2) is 29.2 Å². The minimum Gasteiger partial charge on any atom is -0.504 e. The zero-order valence-electron chi connectivity index (χ0n) is 17.1. The molecule has 0 atom stereocenters. The van der Waals surface area contributed by atoms with E-state index < -0.39 is 0 Å². The first-order chi connectivity index (χ1) is 14.5. The Morgan fingerprint density at radius 3 is 2.50 bits per heavy atom. The van der Waals surface area contributed by atoms with E-state index in [-0.39, 0.29) is 29.5 Å². The topological polar surface area (TPSA) is 132 Å². The third-order valence-corrected chi connectivity index (χ3v) is 4.97. The Labute approximate surface area is 175 Å². The molecule has 0 saturated carbocycles. The van der Waals surface area contributed by atoms with Gasteiger partial charge in [0, 0.05) is 36.5 Å². The summed E-state index contributed by atoms with van der Waals surface area (Å²) in [7, 11) is 0. The molecular weight excluding hydrogens is 384 g/mol. The number of fused-ring (bicyclic) bond motifs is 1. The number of aromatic hydroxyl groups is 1. The first-order valence-electron chi connectivity index (χ1n) is 10.2. The first kappa shape index (κ1) is 21.5. The molecule has 2 aromatic carbocycles. The third-order valence-electron chi connectivity index (χ3n) is 4.97. The van der Waals surface area contributed by atoms with Gasteiger partial charge in [-0.05, 0) is 30.7 Å². The number of carbonyl (C=O) groups is 1. The SMILES string of the molecule is CCCCCc1oc2cc(OCCCO)ccc2c1C(=O)c1cc(N)c(O)c(N)c1. The standard InChI is InChI=1S/C23H28N2O5/c1-2-3-4-6-19-21(22(27)14-11-17(24)23(28)18(25)12-14)16-8-7-15(13-20(16)30-19)29-10-5-9-26/h7-8,11-13,26,28H,2-6,9-10,24-25H2,1H3. The van der Waals surface area contributed by atoms with Crippen molar-refractivity contribution in [1.82, 2.24) is 0 Å². The second-order valence-electron chi connectivity index (χ2n) is 7.27. The molecule has 7 nitrogen and oxygen atoms in total. The molecular formula is C23H28N2O5. The van der Waals surface area contributed by atoms with Crippen LogP contribution in [0.4, 0.5) is 11.4 Å². The van der Waals surface area contributed by atoms with Crippen molar-refractivity contribution >= 4 is 28.1 Å². The Morgan fingerprint density at radius 2 is 1.83 bits per heavy atom. The Bertz CT molecular complexity index is 1020. The summed E-state index contributed by atoms with van der Waals surface area (Å²) in [6, 6.07) is 8.19. The van der Waals surface area contributed by atoms with Gasteiger partial charge in [-0.25, -0.2) is 0 Å². The second-order valence-corrected chi connectivity index (χ2v) is 7.27. The van der Waals surface area contributed by atoms with E-state index in [2.05, 4.69) is 6.92 Å². The molecule has 30 heavy (non-hydrogen) atoms. The summed E-state index contributed by atoms with van der Waals surface area (Å²) in [5, 5.41) is 19.4. The van der Waals surface area contributed by atoms with Crippen LogP contribution in [-0.2, 0) is 6.42 Å². The van der Waals surface area contributed by atoms with E-state index in [1.807, 2.05) is 0 Å². The Hall–Kier alpha value is -3.19. The van der Waals surface area contributed by atoms with Gasteiger partial charge in [-0.1, -0.05) is 19.8 Å². The molecule has 0 unspecified atom stereocenters. The fourth-order valence-corrected chi connectivity index (χ4v) is 3.39. The molecule has 0 spiro atoms. The summed E-state index contributed by atoms with van der Waals surface area (Å²) in [6.45, 7) is 2.56. The van der Waals surface area contributed by atoms with Crippen molar-refractivity contribution in [2.75, 3.05) is 24.7 Å². The van der Waals surface area contributed by atoms with Gasteiger partial charge in [0.15, 0.2) is 11.5 Å². The summed E-state index contributed by atoms with van der Waals surface area (Å²) >= 11 is 0. The molecule has 0 aliphatic heterocycles. The molecule has 0 fully saturated rings. The Balaban J connectivity index is 2.03. The number of aliphatic hydroxyl groups excluding tert-OH is 1. The minimum atomic E-state index is -0.257. The summed E-state index contributed by atoms with van der Waals surface area (Å²) in [5.41, 5.74) is 13.0. The Morgan fingerprint density at radius 1 is 1.10 bits per heavy atom. The molecule has 3 aromatic rings. The number of furan rings is 1. The van der Waals surface area contributed by atoms with Crippen molar-refractivity contribution in [3.8, 4) is 11.5 Å². The van der Waals surface area contributed by atoms with E-state index in [0.717, 1.165) is 19.3 Å². The lowest BCUT2D eigenvalue weighted by Gasteiger charge is -2.08. The number of benzene rings is 2. The molecule has 0 radical (unpaired) electrons. The summed E-state index contributed by atoms with van der Waals surface area (Å²) in [5.74, 6) is 0.743. The van der Waals surface area contributed by atoms with Gasteiger partial charge in [-0.15, -0.1) is 0 Å². The molecule has 0 aliphatic rings. The number of aliphatic hydroxyl groups is 1. The van der Waals surface area contributed by atoms with Crippen molar-refractivity contribution in [3.05, 3.63) is 47.2 Å². The van der Waals surface area contributed by atoms with Crippen LogP contribution in [0.5, 0.6) is 11.5 Å². The number of nitrogens with two attached hydrogens (primary N) is 2. The van der Waals surface area contributed by atoms with Crippen LogP contribution in [0.3, 0.4) is 0 Å². The average molecular weight is 412 g/mol. The highest BCUT2D eigenvalue weighted by atomic mass is 16.5. The maximum atomic E-state index is 13.4. The number of hydrogen-bond acceptors (Lipinski definition) is 7. The van der Waals surface area contributed by atoms with Gasteiger partial charge in [-0.2, -0.15) is 0 Å². The number of unbranched alkanes of at least 4 members (excludes halogenated alkanes) is 2. The number of nitrogen functional groups attached to an aromatic ring is 2. The predicted octanol–water partition coefficient (Wildman–Crippen LogP) is 4.03. The highest BCUT2D eigenvalue weighted by Crippen LogP contribution is 2.35. The normalized spacial score (nSPS) is 11.1. The molecule has 0 aliphatic carbocycles. The number of rotatable bonds is 10. The van der Waals surface area contributed by atoms with E-state index in [1.165, 1.54) is 12.1 Å². The lowest BCUT2D eigenvalue weighted by Crippen LogP contribution is -2.06. The van der Waals surface area contributed by atoms with E-state index in [1.54, 1.807) is 18.2 Å². The van der Waals surface area contributed by atoms with Crippen molar-refractivity contribution in [2.24, 2.45) is 0 Å². The molecule has 1 aromatic heterocycles. The van der Waals surface area contributed by atoms with Gasteiger partial charge in [0.2, 0.25) is 0 Å². The second kappa shape index (κ2) is 9.54. The fraction of sp³-hybridized carbons (Fsp3) is 0.348. The largest absolute Gasteiger partial charge is 0.504 e.